The van der Waals surface area contributed by atoms with Crippen LogP contribution >= 0.6 is 0 Å². The summed E-state index contributed by atoms with van der Waals surface area (Å²) in [6.45, 7) is 9.57. The Bertz CT molecular complexity index is 667. The van der Waals surface area contributed by atoms with Gasteiger partial charge in [0, 0.05) is 16.7 Å². The number of carbonyl (C=O) groups is 1. The molecule has 0 radical (unpaired) electrons. The van der Waals surface area contributed by atoms with Gasteiger partial charge in [-0.05, 0) is 57.3 Å². The van der Waals surface area contributed by atoms with E-state index in [4.69, 9.17) is 0 Å². The van der Waals surface area contributed by atoms with E-state index >= 15 is 0 Å². The van der Waals surface area contributed by atoms with Gasteiger partial charge in [0.05, 0.1) is 6.10 Å². The third kappa shape index (κ3) is 2.56. The van der Waals surface area contributed by atoms with E-state index in [2.05, 4.69) is 32.1 Å². The van der Waals surface area contributed by atoms with Crippen LogP contribution in [0.15, 0.2) is 23.8 Å². The van der Waals surface area contributed by atoms with Gasteiger partial charge in [0.25, 0.3) is 0 Å². The summed E-state index contributed by atoms with van der Waals surface area (Å²) >= 11 is 0. The minimum absolute atomic E-state index is 0.0884. The number of fused-ring (bicyclic) bond motifs is 3. The number of rotatable bonds is 3. The Balaban J connectivity index is 2.09. The van der Waals surface area contributed by atoms with Crippen LogP contribution in [0, 0.1) is 34.5 Å². The van der Waals surface area contributed by atoms with Crippen LogP contribution in [0.3, 0.4) is 0 Å². The molecule has 152 valence electrons. The molecule has 3 N–H and O–H groups in total. The van der Waals surface area contributed by atoms with Gasteiger partial charge >= 0.3 is 0 Å². The Hall–Kier alpha value is -0.970. The standard InChI is InChI=1S/C23H36O4/c1-6-10-21(4)15(7-2)8-9-16-17-11-14(3)23(27,19(26)13-24)22(17,5)12-18(25)20(16)21/h6-7,10,14,16-18,20,24-25,27H,8-9,11-13H2,1-5H3/b10-6-,15-7-/t14-,16?,17?,18?,20?,21?,22?,23+/m1/s1. The molecular weight excluding hydrogens is 340 g/mol. The number of aliphatic hydroxyl groups excluding tert-OH is 2. The second-order valence-electron chi connectivity index (χ2n) is 9.60. The number of Topliss-reactive ketones (excluding diaryl/α,β-unsaturated/α-hetero) is 1. The molecule has 4 nitrogen and oxygen atoms in total. The van der Waals surface area contributed by atoms with E-state index in [0.29, 0.717) is 6.42 Å². The van der Waals surface area contributed by atoms with Gasteiger partial charge in [0.1, 0.15) is 12.2 Å². The van der Waals surface area contributed by atoms with Crippen LogP contribution in [0.1, 0.15) is 60.3 Å². The lowest BCUT2D eigenvalue weighted by molar-refractivity contribution is -0.183. The van der Waals surface area contributed by atoms with Crippen LogP contribution in [0.4, 0.5) is 0 Å². The molecular formula is C23H36O4. The van der Waals surface area contributed by atoms with Crippen molar-refractivity contribution in [2.24, 2.45) is 34.5 Å². The van der Waals surface area contributed by atoms with Gasteiger partial charge in [0.2, 0.25) is 0 Å². The average Bonchev–Trinajstić information content (AvgIpc) is 2.82. The van der Waals surface area contributed by atoms with E-state index in [1.165, 1.54) is 5.57 Å². The van der Waals surface area contributed by atoms with Gasteiger partial charge in [0.15, 0.2) is 5.78 Å². The Labute approximate surface area is 163 Å². The van der Waals surface area contributed by atoms with Gasteiger partial charge in [-0.1, -0.05) is 44.6 Å². The van der Waals surface area contributed by atoms with E-state index in [9.17, 15) is 20.1 Å². The maximum absolute atomic E-state index is 12.6. The number of carbonyl (C=O) groups excluding carboxylic acids is 1. The molecule has 3 fully saturated rings. The van der Waals surface area contributed by atoms with Gasteiger partial charge in [-0.25, -0.2) is 0 Å². The van der Waals surface area contributed by atoms with Crippen molar-refractivity contribution in [1.29, 1.82) is 0 Å². The van der Waals surface area contributed by atoms with Crippen molar-refractivity contribution < 1.29 is 20.1 Å². The molecule has 8 atom stereocenters. The smallest absolute Gasteiger partial charge is 0.190 e. The first-order valence-electron chi connectivity index (χ1n) is 10.5. The maximum Gasteiger partial charge on any atom is 0.190 e. The molecule has 0 heterocycles. The lowest BCUT2D eigenvalue weighted by Crippen LogP contribution is -2.62. The fourth-order valence-corrected chi connectivity index (χ4v) is 7.47. The summed E-state index contributed by atoms with van der Waals surface area (Å²) in [4.78, 5) is 12.6. The van der Waals surface area contributed by atoms with Crippen LogP contribution < -0.4 is 0 Å². The molecule has 4 heteroatoms. The Morgan fingerprint density at radius 3 is 2.52 bits per heavy atom. The highest BCUT2D eigenvalue weighted by atomic mass is 16.3. The molecule has 0 aromatic carbocycles. The van der Waals surface area contributed by atoms with Gasteiger partial charge in [-0.15, -0.1) is 0 Å². The Morgan fingerprint density at radius 1 is 1.30 bits per heavy atom. The van der Waals surface area contributed by atoms with E-state index in [-0.39, 0.29) is 29.1 Å². The van der Waals surface area contributed by atoms with Crippen molar-refractivity contribution in [2.45, 2.75) is 72.0 Å². The average molecular weight is 377 g/mol. The predicted octanol–water partition coefficient (Wildman–Crippen LogP) is 3.26. The number of aliphatic hydroxyl groups is 3. The van der Waals surface area contributed by atoms with Crippen LogP contribution in [0.25, 0.3) is 0 Å². The van der Waals surface area contributed by atoms with Crippen LogP contribution in [0.2, 0.25) is 0 Å². The van der Waals surface area contributed by atoms with E-state index < -0.39 is 29.5 Å². The summed E-state index contributed by atoms with van der Waals surface area (Å²) in [6, 6.07) is 0. The first-order valence-corrected chi connectivity index (χ1v) is 10.5. The summed E-state index contributed by atoms with van der Waals surface area (Å²) in [7, 11) is 0. The minimum Gasteiger partial charge on any atom is -0.393 e. The summed E-state index contributed by atoms with van der Waals surface area (Å²) in [5, 5.41) is 32.3. The third-order valence-electron chi connectivity index (χ3n) is 8.60. The zero-order valence-corrected chi connectivity index (χ0v) is 17.4. The highest BCUT2D eigenvalue weighted by Crippen LogP contribution is 2.68. The molecule has 0 spiro atoms. The largest absolute Gasteiger partial charge is 0.393 e. The number of hydrogen-bond donors (Lipinski definition) is 3. The summed E-state index contributed by atoms with van der Waals surface area (Å²) < 4.78 is 0. The van der Waals surface area contributed by atoms with Crippen molar-refractivity contribution in [3.8, 4) is 0 Å². The molecule has 0 aliphatic heterocycles. The predicted molar refractivity (Wildman–Crippen MR) is 106 cm³/mol. The number of hydrogen-bond acceptors (Lipinski definition) is 4. The Morgan fingerprint density at radius 2 is 1.96 bits per heavy atom. The molecule has 0 amide bonds. The van der Waals surface area contributed by atoms with Crippen molar-refractivity contribution in [1.82, 2.24) is 0 Å². The molecule has 6 unspecified atom stereocenters. The van der Waals surface area contributed by atoms with Gasteiger partial charge in [-0.2, -0.15) is 0 Å². The Kier molecular flexibility index (Phi) is 5.24. The molecule has 27 heavy (non-hydrogen) atoms. The minimum atomic E-state index is -1.56. The molecule has 0 aromatic heterocycles. The molecule has 3 rings (SSSR count). The monoisotopic (exact) mass is 376 g/mol. The van der Waals surface area contributed by atoms with Gasteiger partial charge in [-0.3, -0.25) is 4.79 Å². The first-order chi connectivity index (χ1) is 12.6. The summed E-state index contributed by atoms with van der Waals surface area (Å²) in [5.41, 5.74) is -1.08. The number of ketones is 1. The van der Waals surface area contributed by atoms with Crippen molar-refractivity contribution in [3.05, 3.63) is 23.8 Å². The van der Waals surface area contributed by atoms with E-state index in [1.807, 2.05) is 20.8 Å². The fourth-order valence-electron chi connectivity index (χ4n) is 7.47. The van der Waals surface area contributed by atoms with Gasteiger partial charge < -0.3 is 15.3 Å². The quantitative estimate of drug-likeness (QED) is 0.661. The second kappa shape index (κ2) is 6.82. The van der Waals surface area contributed by atoms with E-state index in [0.717, 1.165) is 19.3 Å². The SMILES string of the molecule is C/C=C\C1(C)/C(=C\C)CCC2C1C(O)CC1(C)C2C[C@@H](C)[C@]1(O)C(=O)CO. The molecule has 3 aliphatic rings. The van der Waals surface area contributed by atoms with Crippen molar-refractivity contribution in [2.75, 3.05) is 6.61 Å². The molecule has 3 saturated carbocycles. The number of allylic oxidation sites excluding steroid dienone is 4. The fraction of sp³-hybridized carbons (Fsp3) is 0.783. The van der Waals surface area contributed by atoms with Crippen LogP contribution in [0.5, 0.6) is 0 Å². The van der Waals surface area contributed by atoms with Crippen molar-refractivity contribution in [3.63, 3.8) is 0 Å². The zero-order valence-electron chi connectivity index (χ0n) is 17.4. The summed E-state index contributed by atoms with van der Waals surface area (Å²) in [5.74, 6) is -0.192. The highest BCUT2D eigenvalue weighted by molar-refractivity contribution is 5.90. The molecule has 3 aliphatic carbocycles. The molecule has 0 bridgehead atoms. The zero-order chi connectivity index (χ0) is 20.2. The first kappa shape index (κ1) is 20.8. The second-order valence-corrected chi connectivity index (χ2v) is 9.60. The molecule has 0 aromatic rings. The van der Waals surface area contributed by atoms with Crippen LogP contribution in [-0.2, 0) is 4.79 Å². The van der Waals surface area contributed by atoms with E-state index in [1.54, 1.807) is 0 Å². The normalized spacial score (nSPS) is 51.4. The van der Waals surface area contributed by atoms with Crippen LogP contribution in [-0.4, -0.2) is 39.4 Å². The summed E-state index contributed by atoms with van der Waals surface area (Å²) in [6.07, 6.45) is 9.04. The van der Waals surface area contributed by atoms with Crippen molar-refractivity contribution >= 4 is 5.78 Å². The topological polar surface area (TPSA) is 77.8 Å². The highest BCUT2D eigenvalue weighted by Gasteiger charge is 2.70. The molecule has 0 saturated heterocycles. The maximum atomic E-state index is 12.6. The lowest BCUT2D eigenvalue weighted by Gasteiger charge is -2.59. The lowest BCUT2D eigenvalue weighted by atomic mass is 9.46. The third-order valence-corrected chi connectivity index (χ3v) is 8.60.